The summed E-state index contributed by atoms with van der Waals surface area (Å²) in [5, 5.41) is 0. The van der Waals surface area contributed by atoms with Crippen LogP contribution in [-0.2, 0) is 4.79 Å². The van der Waals surface area contributed by atoms with Crippen molar-refractivity contribution in [3.8, 4) is 0 Å². The Bertz CT molecular complexity index is 588. The quantitative estimate of drug-likeness (QED) is 0.826. The molecule has 0 aliphatic carbocycles. The molecule has 1 amide bonds. The van der Waals surface area contributed by atoms with E-state index >= 15 is 0 Å². The van der Waals surface area contributed by atoms with Crippen molar-refractivity contribution in [3.05, 3.63) is 41.0 Å². The van der Waals surface area contributed by atoms with E-state index in [1.165, 1.54) is 36.0 Å². The summed E-state index contributed by atoms with van der Waals surface area (Å²) in [7, 11) is 0. The van der Waals surface area contributed by atoms with Gasteiger partial charge in [0.2, 0.25) is 5.91 Å². The summed E-state index contributed by atoms with van der Waals surface area (Å²) in [6.07, 6.45) is 10.7. The van der Waals surface area contributed by atoms with Gasteiger partial charge in [-0.15, -0.1) is 0 Å². The molecule has 0 saturated carbocycles. The van der Waals surface area contributed by atoms with Gasteiger partial charge in [-0.05, 0) is 75.2 Å². The number of rotatable bonds is 4. The van der Waals surface area contributed by atoms with E-state index in [-0.39, 0.29) is 0 Å². The second kappa shape index (κ2) is 8.66. The second-order valence-electron chi connectivity index (χ2n) is 7.72. The van der Waals surface area contributed by atoms with Crippen LogP contribution in [0.2, 0.25) is 0 Å². The minimum atomic E-state index is 0.332. The first kappa shape index (κ1) is 18.2. The summed E-state index contributed by atoms with van der Waals surface area (Å²) in [5.41, 5.74) is 4.03. The predicted molar refractivity (Wildman–Crippen MR) is 105 cm³/mol. The van der Waals surface area contributed by atoms with Crippen molar-refractivity contribution in [2.45, 2.75) is 46.0 Å². The highest BCUT2D eigenvalue weighted by Gasteiger charge is 2.23. The molecule has 2 heterocycles. The Labute approximate surface area is 152 Å². The number of carbonyl (C=O) groups is 1. The van der Waals surface area contributed by atoms with Gasteiger partial charge in [-0.2, -0.15) is 0 Å². The fourth-order valence-electron chi connectivity index (χ4n) is 4.07. The standard InChI is InChI=1S/C22H32N2O/c1-18-7-6-8-19(2)21(18)10-9-20-11-15-24(16-12-20)22(25)17-23-13-4-3-5-14-23/h6-10,20H,3-5,11-17H2,1-2H3/b10-9+. The molecule has 0 radical (unpaired) electrons. The molecule has 0 spiro atoms. The van der Waals surface area contributed by atoms with Crippen LogP contribution in [0.5, 0.6) is 0 Å². The van der Waals surface area contributed by atoms with Gasteiger partial charge in [0, 0.05) is 13.1 Å². The third-order valence-corrected chi connectivity index (χ3v) is 5.78. The molecule has 2 fully saturated rings. The van der Waals surface area contributed by atoms with Crippen molar-refractivity contribution in [2.24, 2.45) is 5.92 Å². The normalized spacial score (nSPS) is 20.3. The molecule has 0 aromatic heterocycles. The molecule has 0 unspecified atom stereocenters. The lowest BCUT2D eigenvalue weighted by Gasteiger charge is -2.33. The number of carbonyl (C=O) groups excluding carboxylic acids is 1. The summed E-state index contributed by atoms with van der Waals surface area (Å²) in [4.78, 5) is 16.9. The average Bonchev–Trinajstić information content (AvgIpc) is 2.62. The fraction of sp³-hybridized carbons (Fsp3) is 0.591. The fourth-order valence-corrected chi connectivity index (χ4v) is 4.07. The van der Waals surface area contributed by atoms with Crippen LogP contribution in [0.25, 0.3) is 6.08 Å². The van der Waals surface area contributed by atoms with Gasteiger partial charge in [-0.1, -0.05) is 36.8 Å². The number of nitrogens with zero attached hydrogens (tertiary/aromatic N) is 2. The molecule has 1 aromatic rings. The van der Waals surface area contributed by atoms with Crippen LogP contribution in [0.4, 0.5) is 0 Å². The monoisotopic (exact) mass is 340 g/mol. The minimum Gasteiger partial charge on any atom is -0.342 e. The van der Waals surface area contributed by atoms with E-state index in [2.05, 4.69) is 54.0 Å². The number of hydrogen-bond acceptors (Lipinski definition) is 2. The molecular formula is C22H32N2O. The lowest BCUT2D eigenvalue weighted by atomic mass is 9.94. The topological polar surface area (TPSA) is 23.6 Å². The van der Waals surface area contributed by atoms with E-state index in [0.717, 1.165) is 39.0 Å². The number of amides is 1. The van der Waals surface area contributed by atoms with E-state index in [4.69, 9.17) is 0 Å². The summed E-state index contributed by atoms with van der Waals surface area (Å²) in [6, 6.07) is 6.47. The number of aryl methyl sites for hydroxylation is 2. The smallest absolute Gasteiger partial charge is 0.236 e. The first-order valence-electron chi connectivity index (χ1n) is 9.88. The molecule has 2 saturated heterocycles. The molecule has 0 bridgehead atoms. The first-order chi connectivity index (χ1) is 12.1. The van der Waals surface area contributed by atoms with E-state index < -0.39 is 0 Å². The van der Waals surface area contributed by atoms with Crippen LogP contribution in [0.3, 0.4) is 0 Å². The van der Waals surface area contributed by atoms with Crippen molar-refractivity contribution < 1.29 is 4.79 Å². The zero-order chi connectivity index (χ0) is 17.6. The van der Waals surface area contributed by atoms with Gasteiger partial charge in [-0.3, -0.25) is 9.69 Å². The van der Waals surface area contributed by atoms with E-state index in [1.807, 2.05) is 0 Å². The number of hydrogen-bond donors (Lipinski definition) is 0. The largest absolute Gasteiger partial charge is 0.342 e. The number of likely N-dealkylation sites (tertiary alicyclic amines) is 2. The van der Waals surface area contributed by atoms with Gasteiger partial charge in [0.25, 0.3) is 0 Å². The zero-order valence-corrected chi connectivity index (χ0v) is 15.8. The van der Waals surface area contributed by atoms with Crippen molar-refractivity contribution in [1.82, 2.24) is 9.80 Å². The van der Waals surface area contributed by atoms with Crippen LogP contribution in [-0.4, -0.2) is 48.4 Å². The Morgan fingerprint density at radius 2 is 1.68 bits per heavy atom. The molecule has 136 valence electrons. The van der Waals surface area contributed by atoms with Crippen LogP contribution >= 0.6 is 0 Å². The van der Waals surface area contributed by atoms with Crippen molar-refractivity contribution in [3.63, 3.8) is 0 Å². The third-order valence-electron chi connectivity index (χ3n) is 5.78. The molecule has 0 atom stereocenters. The van der Waals surface area contributed by atoms with E-state index in [1.54, 1.807) is 0 Å². The van der Waals surface area contributed by atoms with Crippen molar-refractivity contribution >= 4 is 12.0 Å². The molecule has 0 N–H and O–H groups in total. The molecule has 1 aromatic carbocycles. The maximum atomic E-state index is 12.5. The third kappa shape index (κ3) is 4.94. The molecular weight excluding hydrogens is 308 g/mol. The van der Waals surface area contributed by atoms with E-state index in [9.17, 15) is 4.79 Å². The Morgan fingerprint density at radius 1 is 1.04 bits per heavy atom. The van der Waals surface area contributed by atoms with Crippen LogP contribution in [0, 0.1) is 19.8 Å². The maximum absolute atomic E-state index is 12.5. The summed E-state index contributed by atoms with van der Waals surface area (Å²) in [5.74, 6) is 0.928. The Balaban J connectivity index is 1.48. The summed E-state index contributed by atoms with van der Waals surface area (Å²) < 4.78 is 0. The molecule has 3 nitrogen and oxygen atoms in total. The van der Waals surface area contributed by atoms with Gasteiger partial charge in [0.1, 0.15) is 0 Å². The van der Waals surface area contributed by atoms with Gasteiger partial charge < -0.3 is 4.90 Å². The van der Waals surface area contributed by atoms with Gasteiger partial charge in [0.05, 0.1) is 6.54 Å². The maximum Gasteiger partial charge on any atom is 0.236 e. The van der Waals surface area contributed by atoms with Crippen molar-refractivity contribution in [1.29, 1.82) is 0 Å². The number of piperidine rings is 2. The minimum absolute atomic E-state index is 0.332. The van der Waals surface area contributed by atoms with Gasteiger partial charge in [0.15, 0.2) is 0 Å². The molecule has 2 aliphatic rings. The lowest BCUT2D eigenvalue weighted by molar-refractivity contribution is -0.133. The zero-order valence-electron chi connectivity index (χ0n) is 15.8. The van der Waals surface area contributed by atoms with Gasteiger partial charge in [-0.25, -0.2) is 0 Å². The van der Waals surface area contributed by atoms with Crippen LogP contribution < -0.4 is 0 Å². The van der Waals surface area contributed by atoms with E-state index in [0.29, 0.717) is 18.4 Å². The summed E-state index contributed by atoms with van der Waals surface area (Å²) >= 11 is 0. The van der Waals surface area contributed by atoms with Gasteiger partial charge >= 0.3 is 0 Å². The molecule has 3 rings (SSSR count). The van der Waals surface area contributed by atoms with Crippen LogP contribution in [0.15, 0.2) is 24.3 Å². The summed E-state index contributed by atoms with van der Waals surface area (Å²) in [6.45, 7) is 9.00. The first-order valence-corrected chi connectivity index (χ1v) is 9.88. The predicted octanol–water partition coefficient (Wildman–Crippen LogP) is 4.04. The number of allylic oxidation sites excluding steroid dienone is 1. The average molecular weight is 341 g/mol. The Morgan fingerprint density at radius 3 is 2.32 bits per heavy atom. The lowest BCUT2D eigenvalue weighted by Crippen LogP contribution is -2.45. The Kier molecular flexibility index (Phi) is 6.30. The highest BCUT2D eigenvalue weighted by molar-refractivity contribution is 5.78. The second-order valence-corrected chi connectivity index (χ2v) is 7.72. The molecule has 25 heavy (non-hydrogen) atoms. The molecule has 2 aliphatic heterocycles. The Hall–Kier alpha value is -1.61. The highest BCUT2D eigenvalue weighted by Crippen LogP contribution is 2.22. The number of benzene rings is 1. The highest BCUT2D eigenvalue weighted by atomic mass is 16.2. The van der Waals surface area contributed by atoms with Crippen LogP contribution in [0.1, 0.15) is 48.8 Å². The molecule has 3 heteroatoms. The SMILES string of the molecule is Cc1cccc(C)c1/C=C/C1CCN(C(=O)CN2CCCCC2)CC1. The van der Waals surface area contributed by atoms with Crippen molar-refractivity contribution in [2.75, 3.05) is 32.7 Å².